The third kappa shape index (κ3) is 3.14. The minimum atomic E-state index is 0.0428. The predicted molar refractivity (Wildman–Crippen MR) is 75.6 cm³/mol. The van der Waals surface area contributed by atoms with Crippen molar-refractivity contribution < 1.29 is 4.52 Å². The summed E-state index contributed by atoms with van der Waals surface area (Å²) in [6.45, 7) is 4.31. The zero-order valence-electron chi connectivity index (χ0n) is 11.9. The first-order valence-electron chi connectivity index (χ1n) is 6.72. The molecule has 3 aromatic rings. The molecule has 7 heteroatoms. The molecule has 1 aromatic carbocycles. The van der Waals surface area contributed by atoms with E-state index < -0.39 is 0 Å². The molecule has 0 spiro atoms. The third-order valence-corrected chi connectivity index (χ3v) is 3.11. The molecule has 1 atom stereocenters. The van der Waals surface area contributed by atoms with Gasteiger partial charge in [-0.1, -0.05) is 28.6 Å². The van der Waals surface area contributed by atoms with Gasteiger partial charge in [-0.3, -0.25) is 0 Å². The zero-order chi connectivity index (χ0) is 14.7. The zero-order valence-corrected chi connectivity index (χ0v) is 11.9. The second kappa shape index (κ2) is 5.84. The van der Waals surface area contributed by atoms with Gasteiger partial charge in [0, 0.05) is 6.92 Å². The molecule has 0 bridgehead atoms. The molecule has 0 aliphatic rings. The van der Waals surface area contributed by atoms with Gasteiger partial charge in [-0.2, -0.15) is 4.98 Å². The Balaban J connectivity index is 1.65. The number of hydrogen-bond donors (Lipinski definition) is 1. The monoisotopic (exact) mass is 284 g/mol. The first-order chi connectivity index (χ1) is 10.2. The smallest absolute Gasteiger partial charge is 0.223 e. The summed E-state index contributed by atoms with van der Waals surface area (Å²) in [7, 11) is 0. The molecule has 0 radical (unpaired) electrons. The molecular formula is C14H16N6O. The molecule has 1 N–H and O–H groups in total. The van der Waals surface area contributed by atoms with Crippen LogP contribution in [0.2, 0.25) is 0 Å². The molecule has 0 aliphatic heterocycles. The lowest BCUT2D eigenvalue weighted by atomic mass is 10.2. The van der Waals surface area contributed by atoms with Gasteiger partial charge in [0.15, 0.2) is 5.82 Å². The number of nitrogens with one attached hydrogen (secondary N) is 1. The van der Waals surface area contributed by atoms with Crippen molar-refractivity contribution in [1.82, 2.24) is 30.5 Å². The Morgan fingerprint density at radius 1 is 1.29 bits per heavy atom. The minimum Gasteiger partial charge on any atom is -0.340 e. The maximum Gasteiger partial charge on any atom is 0.223 e. The second-order valence-corrected chi connectivity index (χ2v) is 4.76. The van der Waals surface area contributed by atoms with Crippen LogP contribution in [0.25, 0.3) is 5.69 Å². The molecule has 21 heavy (non-hydrogen) atoms. The van der Waals surface area contributed by atoms with Crippen LogP contribution in [0.3, 0.4) is 0 Å². The maximum absolute atomic E-state index is 4.93. The quantitative estimate of drug-likeness (QED) is 0.769. The van der Waals surface area contributed by atoms with Crippen LogP contribution in [0.15, 0.2) is 41.1 Å². The number of rotatable bonds is 5. The van der Waals surface area contributed by atoms with Gasteiger partial charge in [0.1, 0.15) is 0 Å². The molecule has 0 aliphatic carbocycles. The van der Waals surface area contributed by atoms with Gasteiger partial charge in [-0.15, -0.1) is 5.10 Å². The summed E-state index contributed by atoms with van der Waals surface area (Å²) >= 11 is 0. The van der Waals surface area contributed by atoms with Crippen LogP contribution < -0.4 is 5.32 Å². The Morgan fingerprint density at radius 3 is 2.81 bits per heavy atom. The summed E-state index contributed by atoms with van der Waals surface area (Å²) in [6, 6.07) is 9.92. The van der Waals surface area contributed by atoms with Crippen LogP contribution in [0.4, 0.5) is 0 Å². The SMILES string of the molecule is Cc1nc(CN[C@@H](C)c2cn(-c3ccccc3)nn2)no1. The average molecular weight is 284 g/mol. The summed E-state index contributed by atoms with van der Waals surface area (Å²) in [5, 5.41) is 15.5. The molecule has 0 saturated carbocycles. The largest absolute Gasteiger partial charge is 0.340 e. The number of para-hydroxylation sites is 1. The van der Waals surface area contributed by atoms with E-state index in [0.717, 1.165) is 11.4 Å². The maximum atomic E-state index is 4.93. The molecule has 2 aromatic heterocycles. The summed E-state index contributed by atoms with van der Waals surface area (Å²) in [6.07, 6.45) is 1.91. The summed E-state index contributed by atoms with van der Waals surface area (Å²) in [5.74, 6) is 1.20. The van der Waals surface area contributed by atoms with Crippen molar-refractivity contribution in [3.05, 3.63) is 53.9 Å². The van der Waals surface area contributed by atoms with E-state index in [9.17, 15) is 0 Å². The van der Waals surface area contributed by atoms with Gasteiger partial charge in [-0.25, -0.2) is 4.68 Å². The van der Waals surface area contributed by atoms with E-state index in [1.807, 2.05) is 43.5 Å². The average Bonchev–Trinajstić information content (AvgIpc) is 3.15. The topological polar surface area (TPSA) is 81.7 Å². The van der Waals surface area contributed by atoms with Crippen LogP contribution in [0, 0.1) is 6.92 Å². The second-order valence-electron chi connectivity index (χ2n) is 4.76. The van der Waals surface area contributed by atoms with E-state index in [-0.39, 0.29) is 6.04 Å². The van der Waals surface area contributed by atoms with E-state index >= 15 is 0 Å². The fraction of sp³-hybridized carbons (Fsp3) is 0.286. The lowest BCUT2D eigenvalue weighted by Gasteiger charge is -2.08. The van der Waals surface area contributed by atoms with E-state index in [2.05, 4.69) is 25.8 Å². The highest BCUT2D eigenvalue weighted by Crippen LogP contribution is 2.12. The highest BCUT2D eigenvalue weighted by Gasteiger charge is 2.12. The van der Waals surface area contributed by atoms with Gasteiger partial charge in [0.2, 0.25) is 5.89 Å². The van der Waals surface area contributed by atoms with Gasteiger partial charge in [0.05, 0.1) is 30.2 Å². The van der Waals surface area contributed by atoms with Crippen molar-refractivity contribution >= 4 is 0 Å². The van der Waals surface area contributed by atoms with Crippen molar-refractivity contribution in [2.24, 2.45) is 0 Å². The van der Waals surface area contributed by atoms with Crippen LogP contribution in [0.1, 0.15) is 30.4 Å². The minimum absolute atomic E-state index is 0.0428. The van der Waals surface area contributed by atoms with Gasteiger partial charge < -0.3 is 9.84 Å². The van der Waals surface area contributed by atoms with E-state index in [1.165, 1.54) is 0 Å². The molecule has 0 fully saturated rings. The molecule has 7 nitrogen and oxygen atoms in total. The molecule has 0 saturated heterocycles. The lowest BCUT2D eigenvalue weighted by molar-refractivity contribution is 0.384. The Morgan fingerprint density at radius 2 is 2.10 bits per heavy atom. The molecule has 0 amide bonds. The Bertz CT molecular complexity index is 705. The summed E-state index contributed by atoms with van der Waals surface area (Å²) in [5.41, 5.74) is 1.84. The molecule has 3 rings (SSSR count). The predicted octanol–water partition coefficient (Wildman–Crippen LogP) is 1.81. The number of nitrogens with zero attached hydrogens (tertiary/aromatic N) is 5. The van der Waals surface area contributed by atoms with Crippen molar-refractivity contribution in [1.29, 1.82) is 0 Å². The standard InChI is InChI=1S/C14H16N6O/c1-10(15-8-14-16-11(2)21-18-14)13-9-20(19-17-13)12-6-4-3-5-7-12/h3-7,9-10,15H,8H2,1-2H3/t10-/m0/s1. The summed E-state index contributed by atoms with van der Waals surface area (Å²) in [4.78, 5) is 4.15. The first kappa shape index (κ1) is 13.4. The van der Waals surface area contributed by atoms with Crippen LogP contribution in [0.5, 0.6) is 0 Å². The summed E-state index contributed by atoms with van der Waals surface area (Å²) < 4.78 is 6.69. The number of aromatic nitrogens is 5. The normalized spacial score (nSPS) is 12.5. The van der Waals surface area contributed by atoms with Gasteiger partial charge in [0.25, 0.3) is 0 Å². The van der Waals surface area contributed by atoms with Gasteiger partial charge >= 0.3 is 0 Å². The Kier molecular flexibility index (Phi) is 3.74. The van der Waals surface area contributed by atoms with Crippen LogP contribution in [-0.4, -0.2) is 25.1 Å². The van der Waals surface area contributed by atoms with Crippen LogP contribution in [-0.2, 0) is 6.54 Å². The van der Waals surface area contributed by atoms with Crippen molar-refractivity contribution in [2.75, 3.05) is 0 Å². The Hall–Kier alpha value is -2.54. The molecule has 108 valence electrons. The number of benzene rings is 1. The molecule has 0 unspecified atom stereocenters. The van der Waals surface area contributed by atoms with E-state index in [1.54, 1.807) is 11.6 Å². The lowest BCUT2D eigenvalue weighted by Crippen LogP contribution is -2.19. The van der Waals surface area contributed by atoms with Crippen molar-refractivity contribution in [3.8, 4) is 5.69 Å². The molecule has 2 heterocycles. The Labute approximate surface area is 122 Å². The number of hydrogen-bond acceptors (Lipinski definition) is 6. The first-order valence-corrected chi connectivity index (χ1v) is 6.72. The molecular weight excluding hydrogens is 268 g/mol. The third-order valence-electron chi connectivity index (χ3n) is 3.11. The van der Waals surface area contributed by atoms with E-state index in [0.29, 0.717) is 18.3 Å². The highest BCUT2D eigenvalue weighted by atomic mass is 16.5. The fourth-order valence-corrected chi connectivity index (χ4v) is 1.94. The van der Waals surface area contributed by atoms with Crippen molar-refractivity contribution in [2.45, 2.75) is 26.4 Å². The van der Waals surface area contributed by atoms with Crippen molar-refractivity contribution in [3.63, 3.8) is 0 Å². The van der Waals surface area contributed by atoms with Gasteiger partial charge in [-0.05, 0) is 19.1 Å². The highest BCUT2D eigenvalue weighted by molar-refractivity contribution is 5.30. The number of aryl methyl sites for hydroxylation is 1. The fourth-order valence-electron chi connectivity index (χ4n) is 1.94. The van der Waals surface area contributed by atoms with E-state index in [4.69, 9.17) is 4.52 Å². The van der Waals surface area contributed by atoms with Crippen LogP contribution >= 0.6 is 0 Å².